The normalized spacial score (nSPS) is 33.8. The van der Waals surface area contributed by atoms with Gasteiger partial charge in [-0.1, -0.05) is 20.8 Å². The van der Waals surface area contributed by atoms with Crippen LogP contribution in [-0.2, 0) is 0 Å². The molecule has 16 heavy (non-hydrogen) atoms. The van der Waals surface area contributed by atoms with E-state index in [4.69, 9.17) is 0 Å². The molecule has 2 aliphatic heterocycles. The maximum Gasteiger partial charge on any atom is 0.0351 e. The van der Waals surface area contributed by atoms with E-state index in [0.717, 1.165) is 12.1 Å². The molecule has 0 aromatic carbocycles. The zero-order valence-electron chi connectivity index (χ0n) is 11.3. The zero-order chi connectivity index (χ0) is 11.8. The van der Waals surface area contributed by atoms with Gasteiger partial charge in [0.1, 0.15) is 0 Å². The summed E-state index contributed by atoms with van der Waals surface area (Å²) in [5.41, 5.74) is 0.442. The third-order valence-electron chi connectivity index (χ3n) is 3.81. The van der Waals surface area contributed by atoms with Crippen LogP contribution in [0.4, 0.5) is 0 Å². The summed E-state index contributed by atoms with van der Waals surface area (Å²) in [7, 11) is 2.24. The molecule has 0 saturated carbocycles. The minimum absolute atomic E-state index is 0.442. The van der Waals surface area contributed by atoms with Crippen LogP contribution in [0.5, 0.6) is 0 Å². The van der Waals surface area contributed by atoms with Gasteiger partial charge in [-0.25, -0.2) is 0 Å². The summed E-state index contributed by atoms with van der Waals surface area (Å²) in [6.07, 6.45) is 1.31. The first-order valence-corrected chi connectivity index (χ1v) is 6.61. The molecule has 0 bridgehead atoms. The maximum absolute atomic E-state index is 3.61. The molecule has 2 saturated heterocycles. The summed E-state index contributed by atoms with van der Waals surface area (Å²) in [6.45, 7) is 13.1. The molecule has 0 aromatic rings. The standard InChI is InChI=1S/C13H27N3/c1-13(2,3)7-11-8-14-9-12-10-15(4)5-6-16(11)12/h11-12,14H,5-10H2,1-4H3. The lowest BCUT2D eigenvalue weighted by molar-refractivity contribution is 0.0146. The quantitative estimate of drug-likeness (QED) is 0.718. The Balaban J connectivity index is 1.98. The molecule has 0 amide bonds. The highest BCUT2D eigenvalue weighted by molar-refractivity contribution is 4.93. The second-order valence-electron chi connectivity index (χ2n) is 6.73. The van der Waals surface area contributed by atoms with E-state index in [1.807, 2.05) is 0 Å². The summed E-state index contributed by atoms with van der Waals surface area (Å²) in [4.78, 5) is 5.21. The number of nitrogens with one attached hydrogen (secondary N) is 1. The van der Waals surface area contributed by atoms with Gasteiger partial charge in [-0.3, -0.25) is 4.90 Å². The SMILES string of the molecule is CN1CCN2C(CNCC2CC(C)(C)C)C1. The highest BCUT2D eigenvalue weighted by Gasteiger charge is 2.35. The fourth-order valence-corrected chi connectivity index (χ4v) is 3.12. The van der Waals surface area contributed by atoms with E-state index in [1.54, 1.807) is 0 Å². The molecule has 0 radical (unpaired) electrons. The van der Waals surface area contributed by atoms with Crippen LogP contribution in [0.25, 0.3) is 0 Å². The first-order chi connectivity index (χ1) is 7.46. The van der Waals surface area contributed by atoms with Gasteiger partial charge in [0.2, 0.25) is 0 Å². The van der Waals surface area contributed by atoms with Crippen molar-refractivity contribution >= 4 is 0 Å². The lowest BCUT2D eigenvalue weighted by atomic mass is 9.86. The van der Waals surface area contributed by atoms with Crippen molar-refractivity contribution in [2.45, 2.75) is 39.3 Å². The van der Waals surface area contributed by atoms with Crippen molar-refractivity contribution in [2.75, 3.05) is 39.8 Å². The predicted octanol–water partition coefficient (Wildman–Crippen LogP) is 1.01. The number of hydrogen-bond donors (Lipinski definition) is 1. The maximum atomic E-state index is 3.61. The monoisotopic (exact) mass is 225 g/mol. The third-order valence-corrected chi connectivity index (χ3v) is 3.81. The van der Waals surface area contributed by atoms with E-state index < -0.39 is 0 Å². The Hall–Kier alpha value is -0.120. The minimum atomic E-state index is 0.442. The van der Waals surface area contributed by atoms with Crippen molar-refractivity contribution in [1.82, 2.24) is 15.1 Å². The van der Waals surface area contributed by atoms with E-state index in [0.29, 0.717) is 5.41 Å². The van der Waals surface area contributed by atoms with Gasteiger partial charge in [0.15, 0.2) is 0 Å². The fraction of sp³-hybridized carbons (Fsp3) is 1.00. The number of likely N-dealkylation sites (N-methyl/N-ethyl adjacent to an activating group) is 1. The van der Waals surface area contributed by atoms with Crippen LogP contribution in [-0.4, -0.2) is 61.7 Å². The van der Waals surface area contributed by atoms with Crippen LogP contribution in [0.3, 0.4) is 0 Å². The molecule has 2 heterocycles. The third kappa shape index (κ3) is 2.96. The molecule has 2 atom stereocenters. The van der Waals surface area contributed by atoms with Crippen molar-refractivity contribution in [3.05, 3.63) is 0 Å². The minimum Gasteiger partial charge on any atom is -0.314 e. The van der Waals surface area contributed by atoms with Crippen LogP contribution >= 0.6 is 0 Å². The van der Waals surface area contributed by atoms with Gasteiger partial charge in [-0.15, -0.1) is 0 Å². The van der Waals surface area contributed by atoms with Crippen molar-refractivity contribution in [2.24, 2.45) is 5.41 Å². The van der Waals surface area contributed by atoms with E-state index >= 15 is 0 Å². The molecular formula is C13H27N3. The average molecular weight is 225 g/mol. The summed E-state index contributed by atoms with van der Waals surface area (Å²) < 4.78 is 0. The second kappa shape index (κ2) is 4.63. The van der Waals surface area contributed by atoms with Crippen LogP contribution in [0, 0.1) is 5.41 Å². The number of rotatable bonds is 1. The van der Waals surface area contributed by atoms with Gasteiger partial charge in [0.05, 0.1) is 0 Å². The van der Waals surface area contributed by atoms with Crippen molar-refractivity contribution < 1.29 is 0 Å². The van der Waals surface area contributed by atoms with E-state index in [-0.39, 0.29) is 0 Å². The molecular weight excluding hydrogens is 198 g/mol. The van der Waals surface area contributed by atoms with Crippen LogP contribution in [0.1, 0.15) is 27.2 Å². The van der Waals surface area contributed by atoms with Gasteiger partial charge >= 0.3 is 0 Å². The number of fused-ring (bicyclic) bond motifs is 1. The molecule has 2 fully saturated rings. The van der Waals surface area contributed by atoms with Crippen molar-refractivity contribution in [3.8, 4) is 0 Å². The molecule has 3 heteroatoms. The van der Waals surface area contributed by atoms with Gasteiger partial charge in [0, 0.05) is 44.8 Å². The Kier molecular flexibility index (Phi) is 3.57. The van der Waals surface area contributed by atoms with Crippen LogP contribution in [0.15, 0.2) is 0 Å². The molecule has 0 aliphatic carbocycles. The Labute approximate surface area is 100 Å². The lowest BCUT2D eigenvalue weighted by Crippen LogP contribution is -2.64. The van der Waals surface area contributed by atoms with Crippen LogP contribution < -0.4 is 5.32 Å². The lowest BCUT2D eigenvalue weighted by Gasteiger charge is -2.49. The molecule has 2 aliphatic rings. The Morgan fingerprint density at radius 3 is 2.62 bits per heavy atom. The van der Waals surface area contributed by atoms with Gasteiger partial charge in [0.25, 0.3) is 0 Å². The highest BCUT2D eigenvalue weighted by Crippen LogP contribution is 2.27. The summed E-state index contributed by atoms with van der Waals surface area (Å²) in [6, 6.07) is 1.48. The molecule has 2 unspecified atom stereocenters. The average Bonchev–Trinajstić information content (AvgIpc) is 2.15. The second-order valence-corrected chi connectivity index (χ2v) is 6.73. The predicted molar refractivity (Wildman–Crippen MR) is 68.7 cm³/mol. The van der Waals surface area contributed by atoms with Gasteiger partial charge in [-0.05, 0) is 18.9 Å². The molecule has 0 spiro atoms. The number of nitrogens with zero attached hydrogens (tertiary/aromatic N) is 2. The van der Waals surface area contributed by atoms with Crippen LogP contribution in [0.2, 0.25) is 0 Å². The van der Waals surface area contributed by atoms with E-state index in [2.05, 4.69) is 42.9 Å². The van der Waals surface area contributed by atoms with E-state index in [9.17, 15) is 0 Å². The molecule has 94 valence electrons. The first kappa shape index (κ1) is 12.3. The Morgan fingerprint density at radius 1 is 1.19 bits per heavy atom. The first-order valence-electron chi connectivity index (χ1n) is 6.61. The van der Waals surface area contributed by atoms with Crippen molar-refractivity contribution in [1.29, 1.82) is 0 Å². The molecule has 1 N–H and O–H groups in total. The molecule has 0 aromatic heterocycles. The van der Waals surface area contributed by atoms with Crippen molar-refractivity contribution in [3.63, 3.8) is 0 Å². The largest absolute Gasteiger partial charge is 0.314 e. The summed E-state index contributed by atoms with van der Waals surface area (Å²) in [5, 5.41) is 3.61. The highest BCUT2D eigenvalue weighted by atomic mass is 15.3. The molecule has 2 rings (SSSR count). The zero-order valence-corrected chi connectivity index (χ0v) is 11.3. The number of piperazine rings is 2. The number of hydrogen-bond acceptors (Lipinski definition) is 3. The summed E-state index contributed by atoms with van der Waals surface area (Å²) in [5.74, 6) is 0. The Bertz CT molecular complexity index is 234. The smallest absolute Gasteiger partial charge is 0.0351 e. The van der Waals surface area contributed by atoms with Gasteiger partial charge in [-0.2, -0.15) is 0 Å². The van der Waals surface area contributed by atoms with E-state index in [1.165, 1.54) is 39.1 Å². The molecule has 3 nitrogen and oxygen atoms in total. The summed E-state index contributed by atoms with van der Waals surface area (Å²) >= 11 is 0. The topological polar surface area (TPSA) is 18.5 Å². The fourth-order valence-electron chi connectivity index (χ4n) is 3.12. The Morgan fingerprint density at radius 2 is 1.94 bits per heavy atom. The van der Waals surface area contributed by atoms with Gasteiger partial charge < -0.3 is 10.2 Å².